The van der Waals surface area contributed by atoms with Crippen molar-refractivity contribution in [3.63, 3.8) is 0 Å². The van der Waals surface area contributed by atoms with E-state index < -0.39 is 0 Å². The SMILES string of the molecule is O=C(NCc1ccco1)NC1CCCN(Cc2ccccc2)C1. The van der Waals surface area contributed by atoms with Gasteiger partial charge in [-0.3, -0.25) is 4.90 Å². The van der Waals surface area contributed by atoms with Crippen LogP contribution in [0.3, 0.4) is 0 Å². The van der Waals surface area contributed by atoms with E-state index >= 15 is 0 Å². The fourth-order valence-electron chi connectivity index (χ4n) is 2.98. The van der Waals surface area contributed by atoms with Gasteiger partial charge in [-0.2, -0.15) is 0 Å². The third-order valence-corrected chi connectivity index (χ3v) is 4.09. The van der Waals surface area contributed by atoms with Gasteiger partial charge in [-0.25, -0.2) is 4.79 Å². The molecule has 0 aliphatic carbocycles. The van der Waals surface area contributed by atoms with E-state index in [1.807, 2.05) is 18.2 Å². The number of hydrogen-bond acceptors (Lipinski definition) is 3. The zero-order valence-corrected chi connectivity index (χ0v) is 13.2. The minimum atomic E-state index is -0.132. The molecule has 122 valence electrons. The highest BCUT2D eigenvalue weighted by Crippen LogP contribution is 2.13. The van der Waals surface area contributed by atoms with Crippen LogP contribution in [-0.2, 0) is 13.1 Å². The lowest BCUT2D eigenvalue weighted by Gasteiger charge is -2.33. The number of benzene rings is 1. The van der Waals surface area contributed by atoms with Gasteiger partial charge in [0.15, 0.2) is 0 Å². The smallest absolute Gasteiger partial charge is 0.315 e. The summed E-state index contributed by atoms with van der Waals surface area (Å²) in [7, 11) is 0. The second-order valence-corrected chi connectivity index (χ2v) is 5.97. The Balaban J connectivity index is 1.43. The Morgan fingerprint density at radius 2 is 2.09 bits per heavy atom. The molecule has 5 heteroatoms. The molecule has 2 N–H and O–H groups in total. The van der Waals surface area contributed by atoms with Gasteiger partial charge < -0.3 is 15.1 Å². The van der Waals surface area contributed by atoms with E-state index in [0.717, 1.165) is 38.2 Å². The summed E-state index contributed by atoms with van der Waals surface area (Å²) in [5.74, 6) is 0.759. The maximum Gasteiger partial charge on any atom is 0.315 e. The fourth-order valence-corrected chi connectivity index (χ4v) is 2.98. The van der Waals surface area contributed by atoms with Gasteiger partial charge in [-0.05, 0) is 37.1 Å². The molecule has 1 aromatic carbocycles. The van der Waals surface area contributed by atoms with Crippen molar-refractivity contribution in [3.8, 4) is 0 Å². The molecule has 1 aromatic heterocycles. The molecule has 0 bridgehead atoms. The number of carbonyl (C=O) groups is 1. The number of amides is 2. The van der Waals surface area contributed by atoms with Crippen LogP contribution in [0.1, 0.15) is 24.2 Å². The Labute approximate surface area is 136 Å². The molecule has 0 radical (unpaired) electrons. The van der Waals surface area contributed by atoms with E-state index in [4.69, 9.17) is 4.42 Å². The first kappa shape index (κ1) is 15.6. The zero-order chi connectivity index (χ0) is 15.9. The number of nitrogens with one attached hydrogen (secondary N) is 2. The predicted molar refractivity (Wildman–Crippen MR) is 88.8 cm³/mol. The number of carbonyl (C=O) groups excluding carboxylic acids is 1. The number of rotatable bonds is 5. The van der Waals surface area contributed by atoms with Gasteiger partial charge in [-0.1, -0.05) is 30.3 Å². The largest absolute Gasteiger partial charge is 0.467 e. The molecule has 1 aliphatic heterocycles. The van der Waals surface area contributed by atoms with Crippen LogP contribution in [0.15, 0.2) is 53.1 Å². The van der Waals surface area contributed by atoms with Crippen LogP contribution in [-0.4, -0.2) is 30.1 Å². The van der Waals surface area contributed by atoms with E-state index in [2.05, 4.69) is 39.8 Å². The second-order valence-electron chi connectivity index (χ2n) is 5.97. The van der Waals surface area contributed by atoms with Gasteiger partial charge in [0.05, 0.1) is 12.8 Å². The Hall–Kier alpha value is -2.27. The number of furan rings is 1. The maximum absolute atomic E-state index is 12.0. The summed E-state index contributed by atoms with van der Waals surface area (Å²) < 4.78 is 5.21. The van der Waals surface area contributed by atoms with E-state index in [-0.39, 0.29) is 12.1 Å². The predicted octanol–water partition coefficient (Wildman–Crippen LogP) is 2.74. The van der Waals surface area contributed by atoms with Crippen LogP contribution in [0.2, 0.25) is 0 Å². The first-order valence-electron chi connectivity index (χ1n) is 8.12. The van der Waals surface area contributed by atoms with Crippen molar-refractivity contribution in [3.05, 3.63) is 60.1 Å². The van der Waals surface area contributed by atoms with Gasteiger partial charge >= 0.3 is 6.03 Å². The lowest BCUT2D eigenvalue weighted by atomic mass is 10.0. The molecule has 3 rings (SSSR count). The Morgan fingerprint density at radius 3 is 2.87 bits per heavy atom. The van der Waals surface area contributed by atoms with Crippen molar-refractivity contribution in [2.75, 3.05) is 13.1 Å². The average Bonchev–Trinajstić information content (AvgIpc) is 3.08. The van der Waals surface area contributed by atoms with E-state index in [0.29, 0.717) is 6.54 Å². The third-order valence-electron chi connectivity index (χ3n) is 4.09. The van der Waals surface area contributed by atoms with Gasteiger partial charge in [0.25, 0.3) is 0 Å². The normalized spacial score (nSPS) is 18.5. The summed E-state index contributed by atoms with van der Waals surface area (Å²) in [5, 5.41) is 5.90. The zero-order valence-electron chi connectivity index (χ0n) is 13.2. The summed E-state index contributed by atoms with van der Waals surface area (Å²) in [6.07, 6.45) is 3.74. The van der Waals surface area contributed by atoms with Crippen LogP contribution in [0.5, 0.6) is 0 Å². The van der Waals surface area contributed by atoms with Crippen LogP contribution < -0.4 is 10.6 Å². The number of hydrogen-bond donors (Lipinski definition) is 2. The van der Waals surface area contributed by atoms with Crippen molar-refractivity contribution in [1.29, 1.82) is 0 Å². The van der Waals surface area contributed by atoms with E-state index in [9.17, 15) is 4.79 Å². The topological polar surface area (TPSA) is 57.5 Å². The number of urea groups is 1. The van der Waals surface area contributed by atoms with E-state index in [1.54, 1.807) is 6.26 Å². The molecule has 2 heterocycles. The highest BCUT2D eigenvalue weighted by atomic mass is 16.3. The Bertz CT molecular complexity index is 598. The highest BCUT2D eigenvalue weighted by molar-refractivity contribution is 5.74. The van der Waals surface area contributed by atoms with Gasteiger partial charge in [0.1, 0.15) is 5.76 Å². The molecule has 1 aliphatic rings. The fraction of sp³-hybridized carbons (Fsp3) is 0.389. The van der Waals surface area contributed by atoms with Gasteiger partial charge in [0.2, 0.25) is 0 Å². The van der Waals surface area contributed by atoms with Crippen molar-refractivity contribution in [2.45, 2.75) is 32.0 Å². The summed E-state index contributed by atoms with van der Waals surface area (Å²) in [6, 6.07) is 14.2. The lowest BCUT2D eigenvalue weighted by Crippen LogP contribution is -2.50. The maximum atomic E-state index is 12.0. The molecule has 1 atom stereocenters. The standard InChI is InChI=1S/C18H23N3O2/c22-18(19-12-17-9-5-11-23-17)20-16-8-4-10-21(14-16)13-15-6-2-1-3-7-15/h1-3,5-7,9,11,16H,4,8,10,12-14H2,(H2,19,20,22). The summed E-state index contributed by atoms with van der Waals surface area (Å²) >= 11 is 0. The first-order chi connectivity index (χ1) is 11.3. The van der Waals surface area contributed by atoms with Crippen molar-refractivity contribution in [1.82, 2.24) is 15.5 Å². The monoisotopic (exact) mass is 313 g/mol. The van der Waals surface area contributed by atoms with Crippen molar-refractivity contribution in [2.24, 2.45) is 0 Å². The summed E-state index contributed by atoms with van der Waals surface area (Å²) in [5.41, 5.74) is 1.32. The summed E-state index contributed by atoms with van der Waals surface area (Å²) in [6.45, 7) is 3.33. The molecular formula is C18H23N3O2. The number of piperidine rings is 1. The Kier molecular flexibility index (Phi) is 5.32. The van der Waals surface area contributed by atoms with Crippen LogP contribution >= 0.6 is 0 Å². The third kappa shape index (κ3) is 4.86. The highest BCUT2D eigenvalue weighted by Gasteiger charge is 2.21. The lowest BCUT2D eigenvalue weighted by molar-refractivity contribution is 0.180. The molecule has 23 heavy (non-hydrogen) atoms. The number of nitrogens with zero attached hydrogens (tertiary/aromatic N) is 1. The molecule has 1 saturated heterocycles. The summed E-state index contributed by atoms with van der Waals surface area (Å²) in [4.78, 5) is 14.4. The van der Waals surface area contributed by atoms with Gasteiger partial charge in [-0.15, -0.1) is 0 Å². The molecule has 2 aromatic rings. The molecule has 2 amide bonds. The second kappa shape index (κ2) is 7.83. The number of likely N-dealkylation sites (tertiary alicyclic amines) is 1. The molecule has 5 nitrogen and oxygen atoms in total. The molecule has 0 spiro atoms. The minimum absolute atomic E-state index is 0.132. The van der Waals surface area contributed by atoms with Crippen molar-refractivity contribution < 1.29 is 9.21 Å². The average molecular weight is 313 g/mol. The molecule has 1 unspecified atom stereocenters. The Morgan fingerprint density at radius 1 is 1.22 bits per heavy atom. The van der Waals surface area contributed by atoms with Gasteiger partial charge in [0, 0.05) is 19.1 Å². The molecule has 0 saturated carbocycles. The van der Waals surface area contributed by atoms with Crippen molar-refractivity contribution >= 4 is 6.03 Å². The molecule has 1 fully saturated rings. The van der Waals surface area contributed by atoms with Crippen LogP contribution in [0.4, 0.5) is 4.79 Å². The van der Waals surface area contributed by atoms with Crippen LogP contribution in [0.25, 0.3) is 0 Å². The minimum Gasteiger partial charge on any atom is -0.467 e. The molecular weight excluding hydrogens is 290 g/mol. The van der Waals surface area contributed by atoms with E-state index in [1.165, 1.54) is 5.56 Å². The quantitative estimate of drug-likeness (QED) is 0.892. The van der Waals surface area contributed by atoms with Crippen LogP contribution in [0, 0.1) is 0 Å². The first-order valence-corrected chi connectivity index (χ1v) is 8.12.